The summed E-state index contributed by atoms with van der Waals surface area (Å²) in [6, 6.07) is 0.358. The van der Waals surface area contributed by atoms with Gasteiger partial charge in [-0.3, -0.25) is 9.46 Å². The van der Waals surface area contributed by atoms with E-state index >= 15 is 0 Å². The topological polar surface area (TPSA) is 23.6 Å². The third kappa shape index (κ3) is 2.29. The van der Waals surface area contributed by atoms with Crippen molar-refractivity contribution in [2.75, 3.05) is 13.1 Å². The third-order valence-corrected chi connectivity index (χ3v) is 2.77. The zero-order valence-electron chi connectivity index (χ0n) is 7.15. The number of hydrogen-bond acceptors (Lipinski definition) is 2. The van der Waals surface area contributed by atoms with Crippen LogP contribution in [0.15, 0.2) is 12.8 Å². The van der Waals surface area contributed by atoms with Gasteiger partial charge in [-0.1, -0.05) is 16.0 Å². The maximum absolute atomic E-state index is 10.6. The molecule has 1 atom stereocenters. The number of carbonyl (C=O) groups excluding carboxylic acids is 1. The molecule has 0 spiro atoms. The average molecular weight is 186 g/mol. The quantitative estimate of drug-likeness (QED) is 0.481. The van der Waals surface area contributed by atoms with Gasteiger partial charge in [-0.15, -0.1) is 0 Å². The van der Waals surface area contributed by atoms with Gasteiger partial charge in [0.05, 0.1) is 0 Å². The minimum atomic E-state index is 0.358. The second-order valence-corrected chi connectivity index (χ2v) is 3.73. The summed E-state index contributed by atoms with van der Waals surface area (Å²) in [6.07, 6.45) is 4.54. The summed E-state index contributed by atoms with van der Waals surface area (Å²) in [5.74, 6) is 0. The number of nitrogens with zero attached hydrogens (tertiary/aromatic N) is 2. The Kier molecular flexibility index (Phi) is 3.70. The zero-order valence-corrected chi connectivity index (χ0v) is 8.30. The van der Waals surface area contributed by atoms with E-state index in [2.05, 4.69) is 20.6 Å². The molecule has 12 heavy (non-hydrogen) atoms. The molecule has 1 aliphatic heterocycles. The first-order valence-electron chi connectivity index (χ1n) is 4.13. The Balaban J connectivity index is 2.42. The Morgan fingerprint density at radius 2 is 2.08 bits per heavy atom. The summed E-state index contributed by atoms with van der Waals surface area (Å²) in [7, 11) is 2.69. The van der Waals surface area contributed by atoms with E-state index in [4.69, 9.17) is 0 Å². The van der Waals surface area contributed by atoms with Crippen molar-refractivity contribution in [1.29, 1.82) is 0 Å². The first-order valence-corrected chi connectivity index (χ1v) is 4.64. The summed E-state index contributed by atoms with van der Waals surface area (Å²) >= 11 is 0. The van der Waals surface area contributed by atoms with Crippen LogP contribution < -0.4 is 0 Å². The van der Waals surface area contributed by atoms with Gasteiger partial charge in [0.2, 0.25) is 6.41 Å². The molecule has 0 N–H and O–H groups in total. The highest BCUT2D eigenvalue weighted by Gasteiger charge is 2.20. The van der Waals surface area contributed by atoms with Crippen LogP contribution in [-0.4, -0.2) is 35.1 Å². The van der Waals surface area contributed by atoms with Crippen LogP contribution in [0.2, 0.25) is 0 Å². The molecule has 1 heterocycles. The van der Waals surface area contributed by atoms with Crippen LogP contribution >= 0.6 is 9.39 Å². The van der Waals surface area contributed by atoms with Crippen LogP contribution in [0.5, 0.6) is 0 Å². The molecule has 0 bridgehead atoms. The lowest BCUT2D eigenvalue weighted by Gasteiger charge is -2.32. The smallest absolute Gasteiger partial charge is 0.213 e. The van der Waals surface area contributed by atoms with Crippen molar-refractivity contribution < 1.29 is 4.79 Å². The number of carbonyl (C=O) groups is 1. The zero-order chi connectivity index (χ0) is 8.97. The second kappa shape index (κ2) is 4.58. The van der Waals surface area contributed by atoms with Crippen molar-refractivity contribution in [2.45, 2.75) is 18.9 Å². The molecule has 0 radical (unpaired) electrons. The first kappa shape index (κ1) is 9.69. The van der Waals surface area contributed by atoms with E-state index in [9.17, 15) is 4.79 Å². The molecule has 1 unspecified atom stereocenters. The minimum absolute atomic E-state index is 0.358. The molecule has 68 valence electrons. The highest BCUT2D eigenvalue weighted by atomic mass is 31.0. The Morgan fingerprint density at radius 1 is 1.50 bits per heavy atom. The monoisotopic (exact) mass is 186 g/mol. The molecule has 4 heteroatoms. The number of hydrogen-bond donors (Lipinski definition) is 0. The second-order valence-electron chi connectivity index (χ2n) is 3.00. The standard InChI is InChI=1S/C8H15N2OP/c1-2-9(7-11)8-3-5-10(12)6-4-8/h2,7-8H,1,3-6,12H2. The fourth-order valence-corrected chi connectivity index (χ4v) is 1.76. The predicted octanol–water partition coefficient (Wildman–Crippen LogP) is 0.843. The van der Waals surface area contributed by atoms with Gasteiger partial charge in [0.1, 0.15) is 0 Å². The van der Waals surface area contributed by atoms with Crippen LogP contribution in [0.1, 0.15) is 12.8 Å². The van der Waals surface area contributed by atoms with E-state index < -0.39 is 0 Å². The Morgan fingerprint density at radius 3 is 2.50 bits per heavy atom. The highest BCUT2D eigenvalue weighted by molar-refractivity contribution is 7.13. The molecule has 1 saturated heterocycles. The molecule has 0 aliphatic carbocycles. The van der Waals surface area contributed by atoms with Gasteiger partial charge in [0.25, 0.3) is 0 Å². The van der Waals surface area contributed by atoms with Crippen molar-refractivity contribution in [3.05, 3.63) is 12.8 Å². The number of piperidine rings is 1. The first-order chi connectivity index (χ1) is 5.77. The predicted molar refractivity (Wildman–Crippen MR) is 52.4 cm³/mol. The SMILES string of the molecule is C=CN(C=O)C1CCN(P)CC1. The Bertz CT molecular complexity index is 158. The van der Waals surface area contributed by atoms with Crippen molar-refractivity contribution in [1.82, 2.24) is 9.57 Å². The maximum atomic E-state index is 10.6. The summed E-state index contributed by atoms with van der Waals surface area (Å²) < 4.78 is 2.20. The van der Waals surface area contributed by atoms with Gasteiger partial charge in [0.15, 0.2) is 0 Å². The lowest BCUT2D eigenvalue weighted by molar-refractivity contribution is -0.118. The molecule has 3 nitrogen and oxygen atoms in total. The molecule has 1 aliphatic rings. The Labute approximate surface area is 75.7 Å². The van der Waals surface area contributed by atoms with Crippen LogP contribution in [0.4, 0.5) is 0 Å². The summed E-state index contributed by atoms with van der Waals surface area (Å²) in [5, 5.41) is 0. The maximum Gasteiger partial charge on any atom is 0.213 e. The average Bonchev–Trinajstić information content (AvgIpc) is 2.10. The molecule has 1 amide bonds. The van der Waals surface area contributed by atoms with E-state index in [1.54, 1.807) is 11.1 Å². The fraction of sp³-hybridized carbons (Fsp3) is 0.625. The fourth-order valence-electron chi connectivity index (χ4n) is 1.46. The number of amides is 1. The molecule has 0 saturated carbocycles. The van der Waals surface area contributed by atoms with Crippen molar-refractivity contribution in [3.8, 4) is 0 Å². The van der Waals surface area contributed by atoms with Gasteiger partial charge in [-0.25, -0.2) is 0 Å². The molecule has 1 fully saturated rings. The van der Waals surface area contributed by atoms with Gasteiger partial charge < -0.3 is 4.90 Å². The molecular formula is C8H15N2OP. The summed E-state index contributed by atoms with van der Waals surface area (Å²) in [5.41, 5.74) is 0. The minimum Gasteiger partial charge on any atom is -0.319 e. The van der Waals surface area contributed by atoms with E-state index in [0.717, 1.165) is 32.3 Å². The van der Waals surface area contributed by atoms with E-state index in [-0.39, 0.29) is 0 Å². The van der Waals surface area contributed by atoms with Gasteiger partial charge in [0, 0.05) is 19.1 Å². The van der Waals surface area contributed by atoms with Gasteiger partial charge in [-0.05, 0) is 19.0 Å². The summed E-state index contributed by atoms with van der Waals surface area (Å²) in [6.45, 7) is 5.67. The van der Waals surface area contributed by atoms with E-state index in [0.29, 0.717) is 6.04 Å². The largest absolute Gasteiger partial charge is 0.319 e. The van der Waals surface area contributed by atoms with Crippen LogP contribution in [-0.2, 0) is 4.79 Å². The normalized spacial score (nSPS) is 20.4. The van der Waals surface area contributed by atoms with Crippen molar-refractivity contribution in [2.24, 2.45) is 0 Å². The van der Waals surface area contributed by atoms with Gasteiger partial charge >= 0.3 is 0 Å². The lowest BCUT2D eigenvalue weighted by Crippen LogP contribution is -2.38. The summed E-state index contributed by atoms with van der Waals surface area (Å²) in [4.78, 5) is 12.2. The molecular weight excluding hydrogens is 171 g/mol. The van der Waals surface area contributed by atoms with E-state index in [1.165, 1.54) is 0 Å². The molecule has 1 rings (SSSR count). The van der Waals surface area contributed by atoms with E-state index in [1.807, 2.05) is 0 Å². The van der Waals surface area contributed by atoms with Crippen molar-refractivity contribution in [3.63, 3.8) is 0 Å². The Hall–Kier alpha value is -0.400. The van der Waals surface area contributed by atoms with Crippen molar-refractivity contribution >= 4 is 15.8 Å². The highest BCUT2D eigenvalue weighted by Crippen LogP contribution is 2.17. The third-order valence-electron chi connectivity index (χ3n) is 2.25. The molecule has 0 aromatic carbocycles. The van der Waals surface area contributed by atoms with Crippen LogP contribution in [0, 0.1) is 0 Å². The van der Waals surface area contributed by atoms with Crippen LogP contribution in [0.3, 0.4) is 0 Å². The molecule has 0 aromatic rings. The lowest BCUT2D eigenvalue weighted by atomic mass is 10.1. The molecule has 0 aromatic heterocycles. The van der Waals surface area contributed by atoms with Crippen LogP contribution in [0.25, 0.3) is 0 Å². The number of rotatable bonds is 3. The van der Waals surface area contributed by atoms with Gasteiger partial charge in [-0.2, -0.15) is 0 Å².